The Labute approximate surface area is 126 Å². The Morgan fingerprint density at radius 2 is 1.62 bits per heavy atom. The van der Waals surface area contributed by atoms with Crippen LogP contribution >= 0.6 is 0 Å². The van der Waals surface area contributed by atoms with Gasteiger partial charge in [-0.05, 0) is 33.6 Å². The molecule has 0 radical (unpaired) electrons. The van der Waals surface area contributed by atoms with Gasteiger partial charge in [-0.1, -0.05) is 11.8 Å². The standard InChI is InChI=1S/C16H25NO4/c1-15(2,3)21-14(18)17-8-6-16(7-9-17)12-19-10-4-5-11-20-13-16/h6-13H2,1-3H3. The monoisotopic (exact) mass is 295 g/mol. The van der Waals surface area contributed by atoms with Gasteiger partial charge in [-0.2, -0.15) is 0 Å². The predicted molar refractivity (Wildman–Crippen MR) is 78.9 cm³/mol. The second-order valence-corrected chi connectivity index (χ2v) is 6.81. The first-order chi connectivity index (χ1) is 9.90. The van der Waals surface area contributed by atoms with Gasteiger partial charge >= 0.3 is 6.09 Å². The van der Waals surface area contributed by atoms with Gasteiger partial charge in [0.2, 0.25) is 0 Å². The summed E-state index contributed by atoms with van der Waals surface area (Å²) < 4.78 is 16.7. The van der Waals surface area contributed by atoms with Gasteiger partial charge in [-0.3, -0.25) is 0 Å². The number of nitrogens with zero attached hydrogens (tertiary/aromatic N) is 1. The summed E-state index contributed by atoms with van der Waals surface area (Å²) in [4.78, 5) is 13.9. The molecule has 1 fully saturated rings. The molecule has 2 heterocycles. The number of likely N-dealkylation sites (tertiary alicyclic amines) is 1. The molecule has 2 aliphatic rings. The van der Waals surface area contributed by atoms with E-state index in [4.69, 9.17) is 14.2 Å². The molecule has 0 N–H and O–H groups in total. The van der Waals surface area contributed by atoms with Crippen LogP contribution in [0.1, 0.15) is 33.6 Å². The highest BCUT2D eigenvalue weighted by Crippen LogP contribution is 2.33. The van der Waals surface area contributed by atoms with E-state index < -0.39 is 5.60 Å². The summed E-state index contributed by atoms with van der Waals surface area (Å²) in [6, 6.07) is 0. The normalized spacial score (nSPS) is 22.5. The Bertz CT molecular complexity index is 406. The third kappa shape index (κ3) is 4.90. The number of hydrogen-bond acceptors (Lipinski definition) is 4. The van der Waals surface area contributed by atoms with Crippen LogP contribution in [-0.4, -0.2) is 56.1 Å². The van der Waals surface area contributed by atoms with E-state index in [0.29, 0.717) is 39.5 Å². The molecular formula is C16H25NO4. The van der Waals surface area contributed by atoms with Crippen molar-refractivity contribution in [3.05, 3.63) is 0 Å². The predicted octanol–water partition coefficient (Wildman–Crippen LogP) is 2.05. The Balaban J connectivity index is 1.88. The molecule has 0 bridgehead atoms. The fraction of sp³-hybridized carbons (Fsp3) is 0.812. The van der Waals surface area contributed by atoms with Crippen LogP contribution in [-0.2, 0) is 14.2 Å². The molecule has 0 aliphatic carbocycles. The summed E-state index contributed by atoms with van der Waals surface area (Å²) >= 11 is 0. The smallest absolute Gasteiger partial charge is 0.410 e. The number of carbonyl (C=O) groups excluding carboxylic acids is 1. The number of carbonyl (C=O) groups is 1. The molecule has 2 rings (SSSR count). The van der Waals surface area contributed by atoms with E-state index in [9.17, 15) is 4.79 Å². The van der Waals surface area contributed by atoms with Crippen LogP contribution in [0, 0.1) is 17.3 Å². The summed E-state index contributed by atoms with van der Waals surface area (Å²) in [7, 11) is 0. The van der Waals surface area contributed by atoms with Gasteiger partial charge < -0.3 is 19.1 Å². The van der Waals surface area contributed by atoms with Gasteiger partial charge in [0.15, 0.2) is 0 Å². The van der Waals surface area contributed by atoms with Gasteiger partial charge in [0.25, 0.3) is 0 Å². The summed E-state index contributed by atoms with van der Waals surface area (Å²) in [5.41, 5.74) is -0.458. The van der Waals surface area contributed by atoms with E-state index in [2.05, 4.69) is 11.8 Å². The average Bonchev–Trinajstić information content (AvgIpc) is 2.50. The topological polar surface area (TPSA) is 48.0 Å². The molecular weight excluding hydrogens is 270 g/mol. The average molecular weight is 295 g/mol. The SMILES string of the molecule is CC(C)(C)OC(=O)N1CCC2(CC1)COCC#CCOC2. The molecule has 0 saturated carbocycles. The molecule has 0 aromatic carbocycles. The lowest BCUT2D eigenvalue weighted by molar-refractivity contribution is -0.0462. The third-order valence-electron chi connectivity index (χ3n) is 3.77. The molecule has 5 nitrogen and oxygen atoms in total. The van der Waals surface area contributed by atoms with Crippen molar-refractivity contribution in [1.29, 1.82) is 0 Å². The van der Waals surface area contributed by atoms with Crippen molar-refractivity contribution in [2.24, 2.45) is 5.41 Å². The molecule has 1 saturated heterocycles. The number of amides is 1. The zero-order valence-corrected chi connectivity index (χ0v) is 13.2. The van der Waals surface area contributed by atoms with Gasteiger partial charge in [0.05, 0.1) is 13.2 Å². The number of ether oxygens (including phenoxy) is 3. The molecule has 1 amide bonds. The van der Waals surface area contributed by atoms with Crippen molar-refractivity contribution >= 4 is 6.09 Å². The first-order valence-corrected chi connectivity index (χ1v) is 7.49. The van der Waals surface area contributed by atoms with E-state index in [0.717, 1.165) is 12.8 Å². The van der Waals surface area contributed by atoms with E-state index in [-0.39, 0.29) is 11.5 Å². The number of hydrogen-bond donors (Lipinski definition) is 0. The fourth-order valence-corrected chi connectivity index (χ4v) is 2.56. The maximum atomic E-state index is 12.1. The molecule has 21 heavy (non-hydrogen) atoms. The minimum Gasteiger partial charge on any atom is -0.444 e. The van der Waals surface area contributed by atoms with Gasteiger partial charge in [-0.15, -0.1) is 0 Å². The number of piperidine rings is 1. The Morgan fingerprint density at radius 1 is 1.10 bits per heavy atom. The second kappa shape index (κ2) is 6.67. The van der Waals surface area contributed by atoms with Crippen LogP contribution in [0.25, 0.3) is 0 Å². The van der Waals surface area contributed by atoms with Crippen molar-refractivity contribution < 1.29 is 19.0 Å². The fourth-order valence-electron chi connectivity index (χ4n) is 2.56. The number of rotatable bonds is 0. The van der Waals surface area contributed by atoms with Crippen LogP contribution < -0.4 is 0 Å². The van der Waals surface area contributed by atoms with Crippen LogP contribution in [0.15, 0.2) is 0 Å². The summed E-state index contributed by atoms with van der Waals surface area (Å²) in [6.07, 6.45) is 1.50. The van der Waals surface area contributed by atoms with E-state index in [1.807, 2.05) is 20.8 Å². The lowest BCUT2D eigenvalue weighted by Gasteiger charge is -2.41. The van der Waals surface area contributed by atoms with E-state index in [1.165, 1.54) is 0 Å². The summed E-state index contributed by atoms with van der Waals surface area (Å²) in [5, 5.41) is 0. The first kappa shape index (κ1) is 16.1. The zero-order valence-electron chi connectivity index (χ0n) is 13.2. The quantitative estimate of drug-likeness (QED) is 0.642. The summed E-state index contributed by atoms with van der Waals surface area (Å²) in [5.74, 6) is 5.84. The summed E-state index contributed by atoms with van der Waals surface area (Å²) in [6.45, 7) is 9.23. The molecule has 0 atom stereocenters. The Kier molecular flexibility index (Phi) is 5.13. The molecule has 5 heteroatoms. The molecule has 2 aliphatic heterocycles. The second-order valence-electron chi connectivity index (χ2n) is 6.81. The van der Waals surface area contributed by atoms with Crippen molar-refractivity contribution in [2.45, 2.75) is 39.2 Å². The highest BCUT2D eigenvalue weighted by molar-refractivity contribution is 5.68. The Morgan fingerprint density at radius 3 is 2.10 bits per heavy atom. The van der Waals surface area contributed by atoms with Crippen molar-refractivity contribution in [1.82, 2.24) is 4.90 Å². The van der Waals surface area contributed by atoms with Crippen LogP contribution in [0.3, 0.4) is 0 Å². The van der Waals surface area contributed by atoms with Crippen LogP contribution in [0.4, 0.5) is 4.79 Å². The highest BCUT2D eigenvalue weighted by Gasteiger charge is 2.37. The first-order valence-electron chi connectivity index (χ1n) is 7.49. The maximum Gasteiger partial charge on any atom is 0.410 e. The molecule has 1 spiro atoms. The minimum absolute atomic E-state index is 0.00773. The molecule has 0 aromatic heterocycles. The molecule has 118 valence electrons. The van der Waals surface area contributed by atoms with E-state index >= 15 is 0 Å². The minimum atomic E-state index is -0.450. The van der Waals surface area contributed by atoms with Gasteiger partial charge in [0.1, 0.15) is 18.8 Å². The largest absolute Gasteiger partial charge is 0.444 e. The molecule has 0 unspecified atom stereocenters. The van der Waals surface area contributed by atoms with Crippen LogP contribution in [0.5, 0.6) is 0 Å². The van der Waals surface area contributed by atoms with E-state index in [1.54, 1.807) is 4.90 Å². The lowest BCUT2D eigenvalue weighted by atomic mass is 9.80. The Hall–Kier alpha value is -1.25. The lowest BCUT2D eigenvalue weighted by Crippen LogP contribution is -2.48. The van der Waals surface area contributed by atoms with Gasteiger partial charge in [-0.25, -0.2) is 4.79 Å². The highest BCUT2D eigenvalue weighted by atomic mass is 16.6. The van der Waals surface area contributed by atoms with Gasteiger partial charge in [0, 0.05) is 18.5 Å². The van der Waals surface area contributed by atoms with Crippen molar-refractivity contribution in [2.75, 3.05) is 39.5 Å². The third-order valence-corrected chi connectivity index (χ3v) is 3.77. The van der Waals surface area contributed by atoms with Crippen molar-refractivity contribution in [3.63, 3.8) is 0 Å². The maximum absolute atomic E-state index is 12.1. The zero-order chi connectivity index (χ0) is 15.3. The van der Waals surface area contributed by atoms with Crippen molar-refractivity contribution in [3.8, 4) is 11.8 Å². The molecule has 0 aromatic rings. The van der Waals surface area contributed by atoms with Crippen LogP contribution in [0.2, 0.25) is 0 Å².